The average Bonchev–Trinajstić information content (AvgIpc) is 3.15. The summed E-state index contributed by atoms with van der Waals surface area (Å²) in [6.07, 6.45) is 4.03. The Kier molecular flexibility index (Phi) is 4.17. The van der Waals surface area contributed by atoms with Gasteiger partial charge in [0.15, 0.2) is 0 Å². The Balaban J connectivity index is 1.08. The van der Waals surface area contributed by atoms with Gasteiger partial charge in [0.25, 0.3) is 0 Å². The monoisotopic (exact) mass is 425 g/mol. The molecule has 1 unspecified atom stereocenters. The predicted octanol–water partition coefficient (Wildman–Crippen LogP) is 4.15. The van der Waals surface area contributed by atoms with Crippen molar-refractivity contribution in [3.63, 3.8) is 0 Å². The summed E-state index contributed by atoms with van der Waals surface area (Å²) >= 11 is 0. The van der Waals surface area contributed by atoms with E-state index in [2.05, 4.69) is 10.6 Å². The molecule has 2 aliphatic heterocycles. The Morgan fingerprint density at radius 2 is 1.84 bits per heavy atom. The van der Waals surface area contributed by atoms with Crippen LogP contribution in [0.4, 0.5) is 19.3 Å². The van der Waals surface area contributed by atoms with E-state index in [-0.39, 0.29) is 23.7 Å². The maximum absolute atomic E-state index is 14.1. The molecule has 31 heavy (non-hydrogen) atoms. The number of fused-ring (bicyclic) bond motifs is 2. The number of piperidine rings is 1. The third kappa shape index (κ3) is 3.22. The minimum Gasteiger partial charge on any atom is -0.487 e. The Bertz CT molecular complexity index is 1030. The van der Waals surface area contributed by atoms with E-state index in [1.165, 1.54) is 12.1 Å². The van der Waals surface area contributed by atoms with Crippen LogP contribution in [-0.4, -0.2) is 30.8 Å². The number of benzene rings is 2. The van der Waals surface area contributed by atoms with Crippen molar-refractivity contribution in [2.75, 3.05) is 18.0 Å². The molecule has 2 saturated carbocycles. The number of nitrogens with zero attached hydrogens (tertiary/aromatic N) is 1. The van der Waals surface area contributed by atoms with Gasteiger partial charge in [0.2, 0.25) is 0 Å². The largest absolute Gasteiger partial charge is 0.487 e. The number of ether oxygens (including phenoxy) is 1. The van der Waals surface area contributed by atoms with Crippen molar-refractivity contribution in [2.45, 2.75) is 43.4 Å². The van der Waals surface area contributed by atoms with Gasteiger partial charge in [-0.05, 0) is 37.5 Å². The molecule has 5 nitrogen and oxygen atoms in total. The third-order valence-electron chi connectivity index (χ3n) is 7.51. The Labute approximate surface area is 179 Å². The summed E-state index contributed by atoms with van der Waals surface area (Å²) in [5.74, 6) is 0.371. The summed E-state index contributed by atoms with van der Waals surface area (Å²) in [5.41, 5.74) is 1.33. The van der Waals surface area contributed by atoms with E-state index < -0.39 is 11.6 Å². The first-order chi connectivity index (χ1) is 15.0. The molecular weight excluding hydrogens is 400 g/mol. The number of hydrogen-bond donors (Lipinski definition) is 2. The first-order valence-electron chi connectivity index (χ1n) is 11.1. The van der Waals surface area contributed by atoms with Crippen LogP contribution in [0.1, 0.15) is 37.3 Å². The van der Waals surface area contributed by atoms with E-state index >= 15 is 0 Å². The second kappa shape index (κ2) is 6.84. The van der Waals surface area contributed by atoms with Crippen molar-refractivity contribution in [2.24, 2.45) is 11.8 Å². The zero-order valence-corrected chi connectivity index (χ0v) is 17.1. The Morgan fingerprint density at radius 3 is 2.55 bits per heavy atom. The predicted molar refractivity (Wildman–Crippen MR) is 112 cm³/mol. The second-order valence-corrected chi connectivity index (χ2v) is 9.41. The number of carbonyl (C=O) groups excluding carboxylic acids is 1. The lowest BCUT2D eigenvalue weighted by Gasteiger charge is -2.48. The van der Waals surface area contributed by atoms with Gasteiger partial charge < -0.3 is 20.3 Å². The highest BCUT2D eigenvalue weighted by Gasteiger charge is 2.57. The van der Waals surface area contributed by atoms with Crippen LogP contribution < -0.4 is 20.3 Å². The third-order valence-corrected chi connectivity index (χ3v) is 7.51. The van der Waals surface area contributed by atoms with E-state index in [0.29, 0.717) is 30.6 Å². The van der Waals surface area contributed by atoms with Crippen molar-refractivity contribution in [1.29, 1.82) is 0 Å². The molecule has 162 valence electrons. The quantitative estimate of drug-likeness (QED) is 0.777. The number of para-hydroxylation sites is 1. The van der Waals surface area contributed by atoms with Crippen LogP contribution in [-0.2, 0) is 0 Å². The smallest absolute Gasteiger partial charge is 0.315 e. The molecule has 3 fully saturated rings. The van der Waals surface area contributed by atoms with E-state index in [0.717, 1.165) is 43.1 Å². The molecule has 7 heteroatoms. The van der Waals surface area contributed by atoms with E-state index in [9.17, 15) is 13.6 Å². The lowest BCUT2D eigenvalue weighted by Crippen LogP contribution is -2.51. The molecule has 6 rings (SSSR count). The fourth-order valence-corrected chi connectivity index (χ4v) is 5.65. The molecule has 1 saturated heterocycles. The highest BCUT2D eigenvalue weighted by atomic mass is 19.1. The molecule has 2 N–H and O–H groups in total. The standard InChI is InChI=1S/C24H25F2N3O2/c25-14-6-7-20(18(26)10-14)29-12-16-17(13-29)22(16)28-23(30)27-19-11-24(8-3-9-24)31-21-5-2-1-4-15(19)21/h1-2,4-7,10,16-17,19,22H,3,8-9,11-13H2,(H2,27,28,30)/t16-,17+,19?,22+. The molecule has 4 atom stereocenters. The second-order valence-electron chi connectivity index (χ2n) is 9.41. The molecule has 0 aromatic heterocycles. The van der Waals surface area contributed by atoms with Crippen molar-refractivity contribution in [3.05, 3.63) is 59.7 Å². The van der Waals surface area contributed by atoms with Crippen LogP contribution in [0.5, 0.6) is 5.75 Å². The van der Waals surface area contributed by atoms with Crippen LogP contribution in [0.15, 0.2) is 42.5 Å². The summed E-state index contributed by atoms with van der Waals surface area (Å²) in [5, 5.41) is 6.29. The van der Waals surface area contributed by atoms with E-state index in [1.807, 2.05) is 29.2 Å². The Morgan fingerprint density at radius 1 is 1.06 bits per heavy atom. The van der Waals surface area contributed by atoms with Gasteiger partial charge in [-0.25, -0.2) is 13.6 Å². The maximum Gasteiger partial charge on any atom is 0.315 e. The molecule has 2 amide bonds. The molecule has 1 spiro atoms. The van der Waals surface area contributed by atoms with Crippen molar-refractivity contribution >= 4 is 11.7 Å². The number of nitrogens with one attached hydrogen (secondary N) is 2. The fraction of sp³-hybridized carbons (Fsp3) is 0.458. The van der Waals surface area contributed by atoms with Crippen molar-refractivity contribution in [3.8, 4) is 5.75 Å². The van der Waals surface area contributed by atoms with Gasteiger partial charge >= 0.3 is 6.03 Å². The SMILES string of the molecule is O=C(NC1CC2(CCC2)Oc2ccccc21)N[C@H]1[C@@H]2CN(c3ccc(F)cc3F)C[C@@H]21. The molecule has 0 radical (unpaired) electrons. The summed E-state index contributed by atoms with van der Waals surface area (Å²) in [6.45, 7) is 1.34. The van der Waals surface area contributed by atoms with Crippen molar-refractivity contribution < 1.29 is 18.3 Å². The lowest BCUT2D eigenvalue weighted by atomic mass is 9.73. The molecule has 2 heterocycles. The van der Waals surface area contributed by atoms with E-state index in [1.54, 1.807) is 0 Å². The lowest BCUT2D eigenvalue weighted by molar-refractivity contribution is -0.0355. The number of amides is 2. The molecule has 4 aliphatic rings. The first-order valence-corrected chi connectivity index (χ1v) is 11.1. The summed E-state index contributed by atoms with van der Waals surface area (Å²) < 4.78 is 33.5. The normalized spacial score (nSPS) is 29.4. The molecule has 2 aromatic carbocycles. The minimum absolute atomic E-state index is 0.0614. The van der Waals surface area contributed by atoms with Crippen LogP contribution in [0.25, 0.3) is 0 Å². The molecular formula is C24H25F2N3O2. The summed E-state index contributed by atoms with van der Waals surface area (Å²) in [6, 6.07) is 11.5. The Hall–Kier alpha value is -2.83. The summed E-state index contributed by atoms with van der Waals surface area (Å²) in [7, 11) is 0. The number of rotatable bonds is 3. The number of halogens is 2. The molecule has 2 aromatic rings. The zero-order valence-electron chi connectivity index (χ0n) is 17.1. The van der Waals surface area contributed by atoms with Gasteiger partial charge in [0.1, 0.15) is 23.0 Å². The number of hydrogen-bond acceptors (Lipinski definition) is 3. The number of carbonyl (C=O) groups is 1. The first kappa shape index (κ1) is 18.9. The van der Waals surface area contributed by atoms with Crippen LogP contribution in [0.3, 0.4) is 0 Å². The van der Waals surface area contributed by atoms with Crippen LogP contribution in [0.2, 0.25) is 0 Å². The topological polar surface area (TPSA) is 53.6 Å². The number of anilines is 1. The molecule has 0 bridgehead atoms. The van der Waals surface area contributed by atoms with Gasteiger partial charge in [-0.2, -0.15) is 0 Å². The van der Waals surface area contributed by atoms with Gasteiger partial charge in [0, 0.05) is 49.0 Å². The van der Waals surface area contributed by atoms with Gasteiger partial charge in [-0.3, -0.25) is 0 Å². The van der Waals surface area contributed by atoms with Gasteiger partial charge in [-0.1, -0.05) is 18.2 Å². The summed E-state index contributed by atoms with van der Waals surface area (Å²) in [4.78, 5) is 14.7. The zero-order chi connectivity index (χ0) is 21.2. The van der Waals surface area contributed by atoms with Crippen molar-refractivity contribution in [1.82, 2.24) is 10.6 Å². The van der Waals surface area contributed by atoms with Gasteiger partial charge in [0.05, 0.1) is 11.7 Å². The highest BCUT2D eigenvalue weighted by Crippen LogP contribution is 2.49. The highest BCUT2D eigenvalue weighted by molar-refractivity contribution is 5.76. The fourth-order valence-electron chi connectivity index (χ4n) is 5.65. The minimum atomic E-state index is -0.569. The maximum atomic E-state index is 14.1. The van der Waals surface area contributed by atoms with Crippen LogP contribution >= 0.6 is 0 Å². The van der Waals surface area contributed by atoms with Crippen LogP contribution in [0, 0.1) is 23.5 Å². The molecule has 2 aliphatic carbocycles. The number of urea groups is 1. The van der Waals surface area contributed by atoms with E-state index in [4.69, 9.17) is 4.74 Å². The average molecular weight is 425 g/mol. The van der Waals surface area contributed by atoms with Gasteiger partial charge in [-0.15, -0.1) is 0 Å².